The average molecular weight is 330 g/mol. The van der Waals surface area contributed by atoms with Crippen LogP contribution < -0.4 is 5.32 Å². The minimum absolute atomic E-state index is 0.0207. The van der Waals surface area contributed by atoms with Crippen LogP contribution in [0.4, 0.5) is 13.2 Å². The molecule has 3 nitrogen and oxygen atoms in total. The first-order valence-corrected chi connectivity index (χ1v) is 7.66. The third-order valence-electron chi connectivity index (χ3n) is 3.77. The number of nitrogens with zero attached hydrogens (tertiary/aromatic N) is 1. The molecule has 1 aromatic rings. The van der Waals surface area contributed by atoms with Gasteiger partial charge in [-0.3, -0.25) is 4.79 Å². The first kappa shape index (κ1) is 16.9. The summed E-state index contributed by atoms with van der Waals surface area (Å²) in [6.07, 6.45) is -4.48. The maximum Gasteiger partial charge on any atom is 0.412 e. The summed E-state index contributed by atoms with van der Waals surface area (Å²) in [5.74, 6) is -0.432. The molecule has 0 aromatic heterocycles. The molecule has 0 aliphatic carbocycles. The van der Waals surface area contributed by atoms with E-state index >= 15 is 0 Å². The fourth-order valence-corrected chi connectivity index (χ4v) is 3.10. The topological polar surface area (TPSA) is 41.5 Å². The van der Waals surface area contributed by atoms with Crippen molar-refractivity contribution in [1.82, 2.24) is 5.32 Å². The number of hydrogen-bond donors (Lipinski definition) is 1. The number of nitrogens with one attached hydrogen (secondary N) is 1. The van der Waals surface area contributed by atoms with E-state index in [2.05, 4.69) is 10.3 Å². The van der Waals surface area contributed by atoms with E-state index in [0.717, 1.165) is 11.8 Å². The van der Waals surface area contributed by atoms with Crippen molar-refractivity contribution in [1.29, 1.82) is 0 Å². The summed E-state index contributed by atoms with van der Waals surface area (Å²) in [5, 5.41) is 2.40. The van der Waals surface area contributed by atoms with Gasteiger partial charge in [0.1, 0.15) is 10.8 Å². The standard InChI is InChI=1S/C15H17F3N2OS/c1-9(2)14(3)12(21)20-13(22-14)19-11(15(16,17)18)10-7-5-4-6-8-10/h4-9,11H,1-3H3,(H,19,20,21)/t11-,14+/m0/s1. The zero-order valence-electron chi connectivity index (χ0n) is 12.4. The van der Waals surface area contributed by atoms with Gasteiger partial charge < -0.3 is 5.32 Å². The molecule has 7 heteroatoms. The highest BCUT2D eigenvalue weighted by Crippen LogP contribution is 2.41. The maximum atomic E-state index is 13.3. The summed E-state index contributed by atoms with van der Waals surface area (Å²) in [4.78, 5) is 15.8. The van der Waals surface area contributed by atoms with Crippen molar-refractivity contribution in [3.05, 3.63) is 35.9 Å². The van der Waals surface area contributed by atoms with Crippen molar-refractivity contribution in [2.45, 2.75) is 37.7 Å². The number of benzene rings is 1. The van der Waals surface area contributed by atoms with Crippen LogP contribution in [0.1, 0.15) is 32.4 Å². The van der Waals surface area contributed by atoms with Crippen molar-refractivity contribution >= 4 is 22.8 Å². The van der Waals surface area contributed by atoms with Gasteiger partial charge in [-0.05, 0) is 18.4 Å². The molecule has 22 heavy (non-hydrogen) atoms. The van der Waals surface area contributed by atoms with Crippen molar-refractivity contribution in [3.8, 4) is 0 Å². The lowest BCUT2D eigenvalue weighted by Crippen LogP contribution is -2.38. The second-order valence-electron chi connectivity index (χ2n) is 5.62. The van der Waals surface area contributed by atoms with E-state index in [9.17, 15) is 18.0 Å². The van der Waals surface area contributed by atoms with Crippen LogP contribution in [0.3, 0.4) is 0 Å². The lowest BCUT2D eigenvalue weighted by molar-refractivity contribution is -0.153. The molecule has 120 valence electrons. The number of carbonyl (C=O) groups excluding carboxylic acids is 1. The Labute approximate surface area is 131 Å². The highest BCUT2D eigenvalue weighted by Gasteiger charge is 2.47. The number of amidine groups is 1. The smallest absolute Gasteiger partial charge is 0.349 e. The highest BCUT2D eigenvalue weighted by molar-refractivity contribution is 8.16. The van der Waals surface area contributed by atoms with Crippen LogP contribution in [0.5, 0.6) is 0 Å². The number of rotatable bonds is 3. The van der Waals surface area contributed by atoms with Crippen LogP contribution in [0.15, 0.2) is 35.3 Å². The van der Waals surface area contributed by atoms with E-state index in [1.54, 1.807) is 25.1 Å². The molecule has 0 fully saturated rings. The van der Waals surface area contributed by atoms with Crippen molar-refractivity contribution in [2.75, 3.05) is 0 Å². The molecule has 0 bridgehead atoms. The number of amides is 1. The van der Waals surface area contributed by atoms with Gasteiger partial charge in [0.05, 0.1) is 0 Å². The van der Waals surface area contributed by atoms with Crippen molar-refractivity contribution < 1.29 is 18.0 Å². The Morgan fingerprint density at radius 2 is 1.82 bits per heavy atom. The Hall–Kier alpha value is -1.50. The van der Waals surface area contributed by atoms with Gasteiger partial charge in [-0.1, -0.05) is 55.9 Å². The predicted molar refractivity (Wildman–Crippen MR) is 81.6 cm³/mol. The fourth-order valence-electron chi connectivity index (χ4n) is 2.02. The zero-order chi connectivity index (χ0) is 16.5. The molecule has 0 saturated heterocycles. The summed E-state index contributed by atoms with van der Waals surface area (Å²) in [6, 6.07) is 5.65. The van der Waals surface area contributed by atoms with Gasteiger partial charge in [-0.2, -0.15) is 18.2 Å². The molecule has 2 rings (SSSR count). The summed E-state index contributed by atoms with van der Waals surface area (Å²) in [5.41, 5.74) is 0.0869. The minimum Gasteiger partial charge on any atom is -0.349 e. The van der Waals surface area contributed by atoms with Crippen LogP contribution >= 0.6 is 11.8 Å². The number of thioether (sulfide) groups is 1. The first-order chi connectivity index (χ1) is 10.1. The monoisotopic (exact) mass is 330 g/mol. The van der Waals surface area contributed by atoms with E-state index in [-0.39, 0.29) is 16.6 Å². The molecular formula is C15H17F3N2OS. The molecule has 1 N–H and O–H groups in total. The number of hydrogen-bond acceptors (Lipinski definition) is 3. The molecule has 0 unspecified atom stereocenters. The summed E-state index contributed by atoms with van der Waals surface area (Å²) < 4.78 is 39.1. The average Bonchev–Trinajstić information content (AvgIpc) is 2.72. The van der Waals surface area contributed by atoms with E-state index in [1.165, 1.54) is 12.1 Å². The number of carbonyl (C=O) groups is 1. The third kappa shape index (κ3) is 3.29. The fraction of sp³-hybridized carbons (Fsp3) is 0.467. The normalized spacial score (nSPS) is 23.6. The molecule has 1 amide bonds. The predicted octanol–water partition coefficient (Wildman–Crippen LogP) is 3.92. The molecule has 0 saturated carbocycles. The lowest BCUT2D eigenvalue weighted by Gasteiger charge is -2.26. The minimum atomic E-state index is -4.48. The molecule has 1 heterocycles. The Bertz CT molecular complexity index is 586. The summed E-state index contributed by atoms with van der Waals surface area (Å²) in [6.45, 7) is 5.40. The van der Waals surface area contributed by atoms with E-state index < -0.39 is 22.9 Å². The molecule has 2 atom stereocenters. The largest absolute Gasteiger partial charge is 0.412 e. The van der Waals surface area contributed by atoms with E-state index in [1.807, 2.05) is 13.8 Å². The van der Waals surface area contributed by atoms with Gasteiger partial charge >= 0.3 is 6.18 Å². The number of alkyl halides is 3. The molecule has 1 aliphatic heterocycles. The van der Waals surface area contributed by atoms with Gasteiger partial charge in [0.15, 0.2) is 5.17 Å². The second kappa shape index (κ2) is 5.95. The first-order valence-electron chi connectivity index (χ1n) is 6.85. The van der Waals surface area contributed by atoms with Gasteiger partial charge in [-0.25, -0.2) is 0 Å². The highest BCUT2D eigenvalue weighted by atomic mass is 32.2. The van der Waals surface area contributed by atoms with Gasteiger partial charge in [0.2, 0.25) is 0 Å². The number of aliphatic imine (C=N–C) groups is 1. The molecule has 1 aliphatic rings. The Balaban J connectivity index is 2.24. The summed E-state index contributed by atoms with van der Waals surface area (Å²) in [7, 11) is 0. The Kier molecular flexibility index (Phi) is 4.56. The van der Waals surface area contributed by atoms with Crippen molar-refractivity contribution in [3.63, 3.8) is 0 Å². The van der Waals surface area contributed by atoms with Gasteiger partial charge in [-0.15, -0.1) is 0 Å². The lowest BCUT2D eigenvalue weighted by atomic mass is 9.96. The SMILES string of the molecule is CC(C)[C@@]1(C)SC(N[C@@H](c2ccccc2)C(F)(F)F)=NC1=O. The van der Waals surface area contributed by atoms with E-state index in [0.29, 0.717) is 0 Å². The number of halogens is 3. The Morgan fingerprint density at radius 1 is 1.23 bits per heavy atom. The van der Waals surface area contributed by atoms with Crippen LogP contribution in [0.2, 0.25) is 0 Å². The van der Waals surface area contributed by atoms with Gasteiger partial charge in [0, 0.05) is 0 Å². The Morgan fingerprint density at radius 3 is 2.27 bits per heavy atom. The third-order valence-corrected chi connectivity index (χ3v) is 5.24. The molecular weight excluding hydrogens is 313 g/mol. The van der Waals surface area contributed by atoms with Gasteiger partial charge in [0.25, 0.3) is 5.91 Å². The van der Waals surface area contributed by atoms with Crippen LogP contribution in [-0.2, 0) is 4.79 Å². The van der Waals surface area contributed by atoms with Crippen LogP contribution in [-0.4, -0.2) is 22.0 Å². The summed E-state index contributed by atoms with van der Waals surface area (Å²) >= 11 is 1.06. The van der Waals surface area contributed by atoms with E-state index in [4.69, 9.17) is 0 Å². The molecule has 1 aromatic carbocycles. The molecule has 0 radical (unpaired) electrons. The molecule has 0 spiro atoms. The van der Waals surface area contributed by atoms with Crippen molar-refractivity contribution in [2.24, 2.45) is 10.9 Å². The second-order valence-corrected chi connectivity index (χ2v) is 7.05. The van der Waals surface area contributed by atoms with Crippen LogP contribution in [0.25, 0.3) is 0 Å². The quantitative estimate of drug-likeness (QED) is 0.913. The van der Waals surface area contributed by atoms with Crippen LogP contribution in [0, 0.1) is 5.92 Å². The maximum absolute atomic E-state index is 13.3. The zero-order valence-corrected chi connectivity index (χ0v) is 13.3.